The maximum atomic E-state index is 12.9. The number of sulfonamides is 1. The van der Waals surface area contributed by atoms with Crippen molar-refractivity contribution >= 4 is 28.3 Å². The summed E-state index contributed by atoms with van der Waals surface area (Å²) in [6.45, 7) is 1.53. The van der Waals surface area contributed by atoms with Gasteiger partial charge in [-0.1, -0.05) is 6.07 Å². The predicted octanol–water partition coefficient (Wildman–Crippen LogP) is 1.07. The fraction of sp³-hybridized carbons (Fsp3) is 0.588. The van der Waals surface area contributed by atoms with Gasteiger partial charge in [0.1, 0.15) is 0 Å². The van der Waals surface area contributed by atoms with Gasteiger partial charge in [0.2, 0.25) is 15.9 Å². The van der Waals surface area contributed by atoms with Crippen LogP contribution in [0.15, 0.2) is 23.1 Å². The Hall–Kier alpha value is -1.15. The number of halogens is 1. The van der Waals surface area contributed by atoms with Crippen molar-refractivity contribution in [3.8, 4) is 0 Å². The maximum absolute atomic E-state index is 12.9. The smallest absolute Gasteiger partial charge is 0.243 e. The van der Waals surface area contributed by atoms with E-state index in [0.717, 1.165) is 24.8 Å². The zero-order valence-electron chi connectivity index (χ0n) is 14.2. The molecule has 3 N–H and O–H groups in total. The molecular formula is C17H26ClN3O3S. The monoisotopic (exact) mass is 387 g/mol. The Kier molecular flexibility index (Phi) is 6.85. The van der Waals surface area contributed by atoms with E-state index < -0.39 is 10.0 Å². The molecule has 0 radical (unpaired) electrons. The van der Waals surface area contributed by atoms with Crippen molar-refractivity contribution in [1.29, 1.82) is 0 Å². The Labute approximate surface area is 155 Å². The summed E-state index contributed by atoms with van der Waals surface area (Å²) in [6, 6.07) is 5.46. The van der Waals surface area contributed by atoms with E-state index in [2.05, 4.69) is 5.32 Å². The highest BCUT2D eigenvalue weighted by molar-refractivity contribution is 7.89. The van der Waals surface area contributed by atoms with E-state index in [-0.39, 0.29) is 30.8 Å². The van der Waals surface area contributed by atoms with Crippen LogP contribution in [0.1, 0.15) is 30.4 Å². The van der Waals surface area contributed by atoms with Crippen LogP contribution in [0.2, 0.25) is 0 Å². The van der Waals surface area contributed by atoms with Crippen LogP contribution in [0, 0.1) is 5.92 Å². The van der Waals surface area contributed by atoms with Gasteiger partial charge in [0.05, 0.1) is 10.8 Å². The van der Waals surface area contributed by atoms with Gasteiger partial charge in [0.15, 0.2) is 0 Å². The van der Waals surface area contributed by atoms with Gasteiger partial charge in [-0.25, -0.2) is 8.42 Å². The molecule has 0 spiro atoms. The lowest BCUT2D eigenvalue weighted by atomic mass is 9.99. The molecule has 1 fully saturated rings. The number of nitrogens with zero attached hydrogens (tertiary/aromatic N) is 1. The molecule has 1 aromatic carbocycles. The molecule has 0 aromatic heterocycles. The lowest BCUT2D eigenvalue weighted by Gasteiger charge is -2.31. The summed E-state index contributed by atoms with van der Waals surface area (Å²) in [7, 11) is -3.54. The van der Waals surface area contributed by atoms with Gasteiger partial charge in [0.25, 0.3) is 0 Å². The molecule has 0 saturated carbocycles. The first kappa shape index (κ1) is 20.2. The number of piperidine rings is 1. The Morgan fingerprint density at radius 2 is 2.00 bits per heavy atom. The van der Waals surface area contributed by atoms with Gasteiger partial charge >= 0.3 is 0 Å². The number of nitrogens with one attached hydrogen (secondary N) is 1. The highest BCUT2D eigenvalue weighted by Crippen LogP contribution is 2.28. The number of hydrogen-bond donors (Lipinski definition) is 2. The fourth-order valence-corrected chi connectivity index (χ4v) is 5.15. The number of benzene rings is 1. The second-order valence-electron chi connectivity index (χ2n) is 6.57. The maximum Gasteiger partial charge on any atom is 0.243 e. The van der Waals surface area contributed by atoms with Gasteiger partial charge in [-0.3, -0.25) is 4.79 Å². The molecule has 2 aliphatic rings. The van der Waals surface area contributed by atoms with E-state index in [4.69, 9.17) is 5.73 Å². The number of fused-ring (bicyclic) bond motifs is 1. The van der Waals surface area contributed by atoms with E-state index >= 15 is 0 Å². The molecule has 1 heterocycles. The number of carbonyl (C=O) groups is 1. The molecule has 1 amide bonds. The molecule has 8 heteroatoms. The Bertz CT molecular complexity index is 724. The summed E-state index contributed by atoms with van der Waals surface area (Å²) in [4.78, 5) is 12.5. The van der Waals surface area contributed by atoms with Crippen LogP contribution in [0.25, 0.3) is 0 Å². The largest absolute Gasteiger partial charge is 0.355 e. The number of carbonyl (C=O) groups excluding carboxylic acids is 1. The second kappa shape index (κ2) is 8.49. The number of rotatable bonds is 5. The molecule has 0 bridgehead atoms. The summed E-state index contributed by atoms with van der Waals surface area (Å²) in [5.74, 6) is -0.399. The average molecular weight is 388 g/mol. The van der Waals surface area contributed by atoms with Crippen LogP contribution >= 0.6 is 12.4 Å². The number of nitrogens with two attached hydrogens (primary N) is 1. The summed E-state index contributed by atoms with van der Waals surface area (Å²) in [5.41, 5.74) is 7.80. The third kappa shape index (κ3) is 4.34. The first-order valence-corrected chi connectivity index (χ1v) is 10.1. The Balaban J connectivity index is 0.00000225. The minimum Gasteiger partial charge on any atom is -0.355 e. The van der Waals surface area contributed by atoms with Gasteiger partial charge < -0.3 is 11.1 Å². The summed E-state index contributed by atoms with van der Waals surface area (Å²) >= 11 is 0. The molecule has 1 aliphatic carbocycles. The van der Waals surface area contributed by atoms with Crippen molar-refractivity contribution < 1.29 is 13.2 Å². The van der Waals surface area contributed by atoms with Crippen LogP contribution in [0.3, 0.4) is 0 Å². The van der Waals surface area contributed by atoms with E-state index in [1.807, 2.05) is 12.1 Å². The SMILES string of the molecule is Cl.NCCNC(=O)C1CCCN(S(=O)(=O)c2ccc3c(c2)CCC3)C1. The van der Waals surface area contributed by atoms with E-state index in [1.54, 1.807) is 6.07 Å². The highest BCUT2D eigenvalue weighted by atomic mass is 35.5. The molecule has 1 aliphatic heterocycles. The minimum absolute atomic E-state index is 0. The van der Waals surface area contributed by atoms with Gasteiger partial charge in [-0.15, -0.1) is 12.4 Å². The van der Waals surface area contributed by atoms with Crippen molar-refractivity contribution in [3.05, 3.63) is 29.3 Å². The minimum atomic E-state index is -3.54. The summed E-state index contributed by atoms with van der Waals surface area (Å²) < 4.78 is 27.3. The molecule has 1 aromatic rings. The Morgan fingerprint density at radius 3 is 2.76 bits per heavy atom. The first-order chi connectivity index (χ1) is 11.5. The highest BCUT2D eigenvalue weighted by Gasteiger charge is 2.33. The molecule has 1 saturated heterocycles. The average Bonchev–Trinajstić information content (AvgIpc) is 3.07. The number of aryl methyl sites for hydroxylation is 2. The first-order valence-electron chi connectivity index (χ1n) is 8.62. The van der Waals surface area contributed by atoms with Crippen molar-refractivity contribution in [2.75, 3.05) is 26.2 Å². The normalized spacial score (nSPS) is 20.6. The fourth-order valence-electron chi connectivity index (χ4n) is 3.57. The van der Waals surface area contributed by atoms with Crippen LogP contribution < -0.4 is 11.1 Å². The van der Waals surface area contributed by atoms with Crippen LogP contribution in [0.4, 0.5) is 0 Å². The zero-order valence-corrected chi connectivity index (χ0v) is 15.9. The standard InChI is InChI=1S/C17H25N3O3S.ClH/c18-8-9-19-17(21)15-5-2-10-20(12-15)24(22,23)16-7-6-13-3-1-4-14(13)11-16;/h6-7,11,15H,1-5,8-10,12,18H2,(H,19,21);1H. The van der Waals surface area contributed by atoms with E-state index in [9.17, 15) is 13.2 Å². The molecule has 1 unspecified atom stereocenters. The van der Waals surface area contributed by atoms with Gasteiger partial charge in [-0.2, -0.15) is 4.31 Å². The van der Waals surface area contributed by atoms with Crippen molar-refractivity contribution in [1.82, 2.24) is 9.62 Å². The molecule has 25 heavy (non-hydrogen) atoms. The Morgan fingerprint density at radius 1 is 1.24 bits per heavy atom. The predicted molar refractivity (Wildman–Crippen MR) is 99.3 cm³/mol. The third-order valence-electron chi connectivity index (χ3n) is 4.91. The van der Waals surface area contributed by atoms with Crippen LogP contribution in [-0.4, -0.2) is 44.8 Å². The van der Waals surface area contributed by atoms with E-state index in [0.29, 0.717) is 37.4 Å². The second-order valence-corrected chi connectivity index (χ2v) is 8.50. The number of hydrogen-bond acceptors (Lipinski definition) is 4. The molecule has 6 nitrogen and oxygen atoms in total. The lowest BCUT2D eigenvalue weighted by Crippen LogP contribution is -2.46. The lowest BCUT2D eigenvalue weighted by molar-refractivity contribution is -0.126. The van der Waals surface area contributed by atoms with Gasteiger partial charge in [-0.05, 0) is 55.4 Å². The molecule has 1 atom stereocenters. The molecule has 140 valence electrons. The molecular weight excluding hydrogens is 362 g/mol. The summed E-state index contributed by atoms with van der Waals surface area (Å²) in [5, 5.41) is 2.76. The van der Waals surface area contributed by atoms with Crippen molar-refractivity contribution in [2.45, 2.75) is 37.0 Å². The molecule has 3 rings (SSSR count). The number of amides is 1. The topological polar surface area (TPSA) is 92.5 Å². The third-order valence-corrected chi connectivity index (χ3v) is 6.77. The van der Waals surface area contributed by atoms with Crippen molar-refractivity contribution in [2.24, 2.45) is 11.7 Å². The van der Waals surface area contributed by atoms with Gasteiger partial charge in [0, 0.05) is 26.2 Å². The summed E-state index contributed by atoms with van der Waals surface area (Å²) in [6.07, 6.45) is 4.48. The van der Waals surface area contributed by atoms with Crippen LogP contribution in [-0.2, 0) is 27.7 Å². The zero-order chi connectivity index (χ0) is 17.2. The quantitative estimate of drug-likeness (QED) is 0.790. The van der Waals surface area contributed by atoms with Crippen molar-refractivity contribution in [3.63, 3.8) is 0 Å². The van der Waals surface area contributed by atoms with E-state index in [1.165, 1.54) is 9.87 Å². The van der Waals surface area contributed by atoms with Crippen LogP contribution in [0.5, 0.6) is 0 Å².